The Hall–Kier alpha value is -3.54. The van der Waals surface area contributed by atoms with E-state index in [4.69, 9.17) is 21.7 Å². The van der Waals surface area contributed by atoms with E-state index in [0.717, 1.165) is 39.1 Å². The summed E-state index contributed by atoms with van der Waals surface area (Å²) in [6.07, 6.45) is 0.764. The first kappa shape index (κ1) is 29.4. The van der Waals surface area contributed by atoms with Crippen molar-refractivity contribution in [3.63, 3.8) is 0 Å². The molecule has 0 radical (unpaired) electrons. The van der Waals surface area contributed by atoms with Crippen molar-refractivity contribution in [3.05, 3.63) is 54.1 Å². The zero-order valence-corrected chi connectivity index (χ0v) is 24.1. The maximum absolute atomic E-state index is 13.7. The predicted molar refractivity (Wildman–Crippen MR) is 158 cm³/mol. The monoisotopic (exact) mass is 567 g/mol. The van der Waals surface area contributed by atoms with Gasteiger partial charge >= 0.3 is 5.97 Å². The van der Waals surface area contributed by atoms with Gasteiger partial charge in [-0.15, -0.1) is 0 Å². The van der Waals surface area contributed by atoms with Gasteiger partial charge in [0.05, 0.1) is 31.4 Å². The van der Waals surface area contributed by atoms with Gasteiger partial charge in [0.25, 0.3) is 5.91 Å². The number of rotatable bonds is 11. The molecule has 10 nitrogen and oxygen atoms in total. The minimum Gasteiger partial charge on any atom is -0.497 e. The fourth-order valence-corrected chi connectivity index (χ4v) is 5.30. The zero-order valence-electron chi connectivity index (χ0n) is 23.3. The van der Waals surface area contributed by atoms with E-state index in [1.807, 2.05) is 4.90 Å². The standard InChI is InChI=1S/C29H37N5O5S/c1-4-39-28(37)21-6-10-23(11-7-21)34-27(36)25(20-26(35)30-22-8-12-24(38-3)13-9-22)33(29(34)40)15-5-14-32-18-16-31(2)17-19-32/h6-13,25H,4-5,14-20H2,1-3H3,(H,30,35)/t25-/m0/s1. The van der Waals surface area contributed by atoms with Crippen LogP contribution in [0.5, 0.6) is 5.75 Å². The molecule has 1 atom stereocenters. The van der Waals surface area contributed by atoms with Crippen LogP contribution in [-0.4, -0.2) is 104 Å². The van der Waals surface area contributed by atoms with Crippen molar-refractivity contribution in [1.82, 2.24) is 14.7 Å². The molecule has 11 heteroatoms. The van der Waals surface area contributed by atoms with E-state index in [2.05, 4.69) is 22.2 Å². The molecule has 2 aliphatic heterocycles. The SMILES string of the molecule is CCOC(=O)c1ccc(N2C(=O)[C@H](CC(=O)Nc3ccc(OC)cc3)N(CCCN3CCN(C)CC3)C2=S)cc1. The molecule has 1 N–H and O–H groups in total. The Bertz CT molecular complexity index is 1200. The molecule has 0 aliphatic carbocycles. The lowest BCUT2D eigenvalue weighted by atomic mass is 10.1. The Morgan fingerprint density at radius 2 is 1.68 bits per heavy atom. The summed E-state index contributed by atoms with van der Waals surface area (Å²) < 4.78 is 10.2. The van der Waals surface area contributed by atoms with Crippen LogP contribution in [0, 0.1) is 0 Å². The fraction of sp³-hybridized carbons (Fsp3) is 0.448. The first-order chi connectivity index (χ1) is 19.3. The number of esters is 1. The molecule has 2 saturated heterocycles. The summed E-state index contributed by atoms with van der Waals surface area (Å²) in [5, 5.41) is 3.23. The van der Waals surface area contributed by atoms with Crippen LogP contribution in [0.25, 0.3) is 0 Å². The molecule has 0 bridgehead atoms. The van der Waals surface area contributed by atoms with E-state index < -0.39 is 12.0 Å². The van der Waals surface area contributed by atoms with Crippen molar-refractivity contribution in [1.29, 1.82) is 0 Å². The van der Waals surface area contributed by atoms with Gasteiger partial charge in [-0.05, 0) is 87.7 Å². The molecule has 0 saturated carbocycles. The molecule has 2 aromatic rings. The van der Waals surface area contributed by atoms with E-state index in [9.17, 15) is 14.4 Å². The lowest BCUT2D eigenvalue weighted by Crippen LogP contribution is -2.45. The quantitative estimate of drug-likeness (QED) is 0.325. The third-order valence-corrected chi connectivity index (χ3v) is 7.59. The maximum Gasteiger partial charge on any atom is 0.338 e. The van der Waals surface area contributed by atoms with E-state index in [-0.39, 0.29) is 24.8 Å². The Labute approximate surface area is 240 Å². The molecule has 214 valence electrons. The number of amides is 2. The Kier molecular flexibility index (Phi) is 10.1. The summed E-state index contributed by atoms with van der Waals surface area (Å²) in [7, 11) is 3.71. The second-order valence-electron chi connectivity index (χ2n) is 9.91. The summed E-state index contributed by atoms with van der Waals surface area (Å²) in [6.45, 7) is 7.54. The average molecular weight is 568 g/mol. The number of hydrogen-bond acceptors (Lipinski definition) is 8. The summed E-state index contributed by atoms with van der Waals surface area (Å²) in [4.78, 5) is 46.9. The number of carbonyl (C=O) groups excluding carboxylic acids is 3. The molecule has 2 fully saturated rings. The predicted octanol–water partition coefficient (Wildman–Crippen LogP) is 2.84. The highest BCUT2D eigenvalue weighted by Crippen LogP contribution is 2.28. The Morgan fingerprint density at radius 1 is 1.00 bits per heavy atom. The molecule has 2 amide bonds. The number of benzene rings is 2. The molecule has 2 heterocycles. The van der Waals surface area contributed by atoms with Crippen LogP contribution in [0.15, 0.2) is 48.5 Å². The summed E-state index contributed by atoms with van der Waals surface area (Å²) >= 11 is 5.79. The highest BCUT2D eigenvalue weighted by molar-refractivity contribution is 7.80. The van der Waals surface area contributed by atoms with Crippen molar-refractivity contribution >= 4 is 46.5 Å². The van der Waals surface area contributed by atoms with Gasteiger partial charge in [-0.2, -0.15) is 0 Å². The van der Waals surface area contributed by atoms with E-state index in [1.165, 1.54) is 4.90 Å². The molecule has 2 aliphatic rings. The van der Waals surface area contributed by atoms with Crippen molar-refractivity contribution in [2.24, 2.45) is 0 Å². The van der Waals surface area contributed by atoms with Crippen molar-refractivity contribution in [2.75, 3.05) is 70.2 Å². The van der Waals surface area contributed by atoms with Gasteiger partial charge in [-0.25, -0.2) is 4.79 Å². The summed E-state index contributed by atoms with van der Waals surface area (Å²) in [5.41, 5.74) is 1.56. The highest BCUT2D eigenvalue weighted by atomic mass is 32.1. The molecule has 4 rings (SSSR count). The van der Waals surface area contributed by atoms with Crippen LogP contribution >= 0.6 is 12.2 Å². The van der Waals surface area contributed by atoms with Gasteiger partial charge in [0, 0.05) is 38.4 Å². The number of piperazine rings is 1. The largest absolute Gasteiger partial charge is 0.497 e. The number of methoxy groups -OCH3 is 1. The first-order valence-electron chi connectivity index (χ1n) is 13.6. The normalized spacial score (nSPS) is 18.2. The smallest absolute Gasteiger partial charge is 0.338 e. The van der Waals surface area contributed by atoms with Gasteiger partial charge in [-0.3, -0.25) is 14.5 Å². The minimum absolute atomic E-state index is 0.0447. The van der Waals surface area contributed by atoms with Gasteiger partial charge in [0.2, 0.25) is 5.91 Å². The number of anilines is 2. The topological polar surface area (TPSA) is 94.7 Å². The second kappa shape index (κ2) is 13.7. The molecule has 0 aromatic heterocycles. The first-order valence-corrected chi connectivity index (χ1v) is 14.0. The third kappa shape index (κ3) is 7.15. The van der Waals surface area contributed by atoms with Gasteiger partial charge < -0.3 is 29.5 Å². The number of thiocarbonyl (C=S) groups is 1. The van der Waals surface area contributed by atoms with Gasteiger partial charge in [0.1, 0.15) is 11.8 Å². The highest BCUT2D eigenvalue weighted by Gasteiger charge is 2.44. The molecule has 0 unspecified atom stereocenters. The van der Waals surface area contributed by atoms with E-state index in [1.54, 1.807) is 62.6 Å². The number of nitrogens with zero attached hydrogens (tertiary/aromatic N) is 4. The second-order valence-corrected chi connectivity index (χ2v) is 10.3. The number of likely N-dealkylation sites (N-methyl/N-ethyl adjacent to an activating group) is 1. The Balaban J connectivity index is 1.48. The number of hydrogen-bond donors (Lipinski definition) is 1. The number of carbonyl (C=O) groups is 3. The average Bonchev–Trinajstić information content (AvgIpc) is 3.18. The van der Waals surface area contributed by atoms with E-state index >= 15 is 0 Å². The molecule has 2 aromatic carbocycles. The van der Waals surface area contributed by atoms with Crippen LogP contribution in [0.2, 0.25) is 0 Å². The van der Waals surface area contributed by atoms with E-state index in [0.29, 0.717) is 34.3 Å². The number of nitrogens with one attached hydrogen (secondary N) is 1. The van der Waals surface area contributed by atoms with Crippen LogP contribution in [0.1, 0.15) is 30.1 Å². The van der Waals surface area contributed by atoms with Crippen LogP contribution < -0.4 is 15.0 Å². The van der Waals surface area contributed by atoms with Gasteiger partial charge in [-0.1, -0.05) is 0 Å². The van der Waals surface area contributed by atoms with Gasteiger partial charge in [0.15, 0.2) is 5.11 Å². The zero-order chi connectivity index (χ0) is 28.6. The summed E-state index contributed by atoms with van der Waals surface area (Å²) in [5.74, 6) is -0.290. The Morgan fingerprint density at radius 3 is 2.30 bits per heavy atom. The van der Waals surface area contributed by atoms with Crippen molar-refractivity contribution in [2.45, 2.75) is 25.8 Å². The molecular weight excluding hydrogens is 530 g/mol. The van der Waals surface area contributed by atoms with Crippen LogP contribution in [0.3, 0.4) is 0 Å². The third-order valence-electron chi connectivity index (χ3n) is 7.18. The lowest BCUT2D eigenvalue weighted by Gasteiger charge is -2.33. The molecule has 0 spiro atoms. The van der Waals surface area contributed by atoms with Crippen molar-refractivity contribution in [3.8, 4) is 5.75 Å². The fourth-order valence-electron chi connectivity index (χ4n) is 4.88. The van der Waals surface area contributed by atoms with Crippen molar-refractivity contribution < 1.29 is 23.9 Å². The molecule has 40 heavy (non-hydrogen) atoms. The molecular formula is C29H37N5O5S. The number of ether oxygens (including phenoxy) is 2. The summed E-state index contributed by atoms with van der Waals surface area (Å²) in [6, 6.07) is 12.9. The van der Waals surface area contributed by atoms with Crippen LogP contribution in [-0.2, 0) is 14.3 Å². The van der Waals surface area contributed by atoms with Crippen LogP contribution in [0.4, 0.5) is 11.4 Å². The lowest BCUT2D eigenvalue weighted by molar-refractivity contribution is -0.124. The minimum atomic E-state index is -0.733. The maximum atomic E-state index is 13.7.